The van der Waals surface area contributed by atoms with E-state index in [1.54, 1.807) is 0 Å². The molecule has 0 unspecified atom stereocenters. The molecule has 33 heavy (non-hydrogen) atoms. The van der Waals surface area contributed by atoms with Crippen molar-refractivity contribution in [2.24, 2.45) is 0 Å². The number of fused-ring (bicyclic) bond motifs is 2. The Morgan fingerprint density at radius 2 is 1.00 bits per heavy atom. The van der Waals surface area contributed by atoms with Crippen LogP contribution < -0.4 is 0 Å². The summed E-state index contributed by atoms with van der Waals surface area (Å²) in [6.07, 6.45) is 0. The molecule has 0 aliphatic carbocycles. The second-order valence-corrected chi connectivity index (χ2v) is 7.71. The molecule has 0 heterocycles. The fourth-order valence-corrected chi connectivity index (χ4v) is 3.56. The molecule has 4 heteroatoms. The average molecular weight is 570 g/mol. The molecule has 172 valence electrons. The molecule has 5 aromatic rings. The molecule has 0 nitrogen and oxygen atoms in total. The van der Waals surface area contributed by atoms with E-state index >= 15 is 0 Å². The zero-order valence-corrected chi connectivity index (χ0v) is 24.8. The van der Waals surface area contributed by atoms with E-state index in [4.69, 9.17) is 0 Å². The third kappa shape index (κ3) is 9.67. The van der Waals surface area contributed by atoms with Gasteiger partial charge in [0.1, 0.15) is 0 Å². The second kappa shape index (κ2) is 16.1. The number of hydrogen-bond acceptors (Lipinski definition) is 0. The summed E-state index contributed by atoms with van der Waals surface area (Å²) >= 11 is 1.36. The van der Waals surface area contributed by atoms with Crippen LogP contribution >= 0.6 is 24.8 Å². The topological polar surface area (TPSA) is 0 Å². The van der Waals surface area contributed by atoms with Gasteiger partial charge in [-0.1, -0.05) is 43.2 Å². The minimum absolute atomic E-state index is 0. The molecule has 0 bridgehead atoms. The third-order valence-corrected chi connectivity index (χ3v) is 5.07. The quantitative estimate of drug-likeness (QED) is 0.129. The normalized spacial score (nSPS) is 9.06. The Morgan fingerprint density at radius 3 is 1.30 bits per heavy atom. The minimum atomic E-state index is 0. The number of benzene rings is 3. The van der Waals surface area contributed by atoms with Crippen LogP contribution in [0.3, 0.4) is 0 Å². The van der Waals surface area contributed by atoms with Crippen LogP contribution in [0.5, 0.6) is 0 Å². The fraction of sp³-hybridized carbons (Fsp3) is 0.138. The van der Waals surface area contributed by atoms with Gasteiger partial charge >= 0.3 is 30.2 Å². The van der Waals surface area contributed by atoms with Crippen LogP contribution in [0.4, 0.5) is 0 Å². The number of hydrogen-bond donors (Lipinski definition) is 0. The first-order chi connectivity index (χ1) is 14.9. The standard InChI is InChI=1S/2C11H11.C7H7.2ClH.Si.Zr/c2*1-8-6-10-5-3-4-9(2)11(10)7-8;1-7-5-3-2-4-6-7;;;;/h2*3-7H,1-2H3;2-6H,1H2;2*1H;;/q3*-1;;;;. The molecule has 2 radical (unpaired) electrons. The van der Waals surface area contributed by atoms with Gasteiger partial charge in [-0.3, -0.25) is 0 Å². The van der Waals surface area contributed by atoms with Crippen molar-refractivity contribution in [3.8, 4) is 0 Å². The molecule has 0 aliphatic rings. The Morgan fingerprint density at radius 1 is 0.606 bits per heavy atom. The summed E-state index contributed by atoms with van der Waals surface area (Å²) in [6.45, 7) is 15.4. The van der Waals surface area contributed by atoms with Crippen LogP contribution in [0.2, 0.25) is 0 Å². The predicted octanol–water partition coefficient (Wildman–Crippen LogP) is 8.68. The SMILES string of the molecule is Cc1cc2c(C)cccc2[cH-]1.Cc1cc2c(C)cccc2[cH-]1.Cl.Cl.[CH2-]c1ccccc1.[Si]=[Zr]. The van der Waals surface area contributed by atoms with Gasteiger partial charge < -0.3 is 0 Å². The van der Waals surface area contributed by atoms with Gasteiger partial charge in [0.15, 0.2) is 0 Å². The maximum absolute atomic E-state index is 3.72. The molecule has 0 atom stereocenters. The first-order valence-corrected chi connectivity index (χ1v) is 14.5. The molecular formula is C29H31Cl2SiZr-3. The Bertz CT molecular complexity index is 1140. The van der Waals surface area contributed by atoms with Crippen molar-refractivity contribution >= 4 is 53.2 Å². The van der Waals surface area contributed by atoms with E-state index in [0.29, 0.717) is 0 Å². The molecule has 0 saturated heterocycles. The monoisotopic (exact) mass is 567 g/mol. The molecule has 0 aliphatic heterocycles. The van der Waals surface area contributed by atoms with Gasteiger partial charge in [-0.05, 0) is 13.8 Å². The summed E-state index contributed by atoms with van der Waals surface area (Å²) in [5.41, 5.74) is 6.53. The van der Waals surface area contributed by atoms with E-state index in [0.717, 1.165) is 5.56 Å². The number of halogens is 2. The van der Waals surface area contributed by atoms with E-state index in [-0.39, 0.29) is 24.8 Å². The van der Waals surface area contributed by atoms with E-state index in [2.05, 4.69) is 102 Å². The predicted molar refractivity (Wildman–Crippen MR) is 149 cm³/mol. The Balaban J connectivity index is 0.000000446. The Kier molecular flexibility index (Phi) is 15.4. The first-order valence-electron chi connectivity index (χ1n) is 10.3. The van der Waals surface area contributed by atoms with Gasteiger partial charge in [0, 0.05) is 0 Å². The van der Waals surface area contributed by atoms with Gasteiger partial charge in [0.05, 0.1) is 0 Å². The van der Waals surface area contributed by atoms with Crippen LogP contribution in [0.25, 0.3) is 21.5 Å². The van der Waals surface area contributed by atoms with Crippen molar-refractivity contribution in [2.75, 3.05) is 0 Å². The van der Waals surface area contributed by atoms with E-state index < -0.39 is 0 Å². The summed E-state index contributed by atoms with van der Waals surface area (Å²) in [5, 5.41) is 5.51. The van der Waals surface area contributed by atoms with Crippen LogP contribution in [-0.2, 0) is 23.3 Å². The Hall–Kier alpha value is -1.57. The fourth-order valence-electron chi connectivity index (χ4n) is 3.56. The van der Waals surface area contributed by atoms with Gasteiger partial charge in [-0.15, -0.1) is 106 Å². The van der Waals surface area contributed by atoms with Gasteiger partial charge in [-0.2, -0.15) is 36.8 Å². The van der Waals surface area contributed by atoms with Crippen molar-refractivity contribution in [1.29, 1.82) is 0 Å². The molecule has 5 aromatic carbocycles. The van der Waals surface area contributed by atoms with Crippen molar-refractivity contribution in [1.82, 2.24) is 0 Å². The summed E-state index contributed by atoms with van der Waals surface area (Å²) in [4.78, 5) is 0. The summed E-state index contributed by atoms with van der Waals surface area (Å²) < 4.78 is 0. The molecule has 0 spiro atoms. The van der Waals surface area contributed by atoms with Crippen LogP contribution in [0, 0.1) is 34.6 Å². The average Bonchev–Trinajstić information content (AvgIpc) is 3.34. The van der Waals surface area contributed by atoms with Crippen molar-refractivity contribution < 1.29 is 23.3 Å². The van der Waals surface area contributed by atoms with Crippen molar-refractivity contribution in [2.45, 2.75) is 27.7 Å². The van der Waals surface area contributed by atoms with Crippen LogP contribution in [-0.4, -0.2) is 6.88 Å². The molecule has 0 aromatic heterocycles. The van der Waals surface area contributed by atoms with Crippen LogP contribution in [0.15, 0.2) is 91.0 Å². The van der Waals surface area contributed by atoms with Gasteiger partial charge in [-0.25, -0.2) is 0 Å². The summed E-state index contributed by atoms with van der Waals surface area (Å²) in [6, 6.07) is 31.7. The molecule has 0 saturated carbocycles. The summed E-state index contributed by atoms with van der Waals surface area (Å²) in [5.74, 6) is 0. The molecule has 0 amide bonds. The van der Waals surface area contributed by atoms with Gasteiger partial charge in [0.25, 0.3) is 0 Å². The molecule has 5 rings (SSSR count). The van der Waals surface area contributed by atoms with E-state index in [9.17, 15) is 0 Å². The maximum atomic E-state index is 3.72. The third-order valence-electron chi connectivity index (χ3n) is 5.07. The Labute approximate surface area is 228 Å². The van der Waals surface area contributed by atoms with Crippen molar-refractivity contribution in [3.05, 3.63) is 126 Å². The number of aryl methyl sites for hydroxylation is 4. The number of rotatable bonds is 0. The van der Waals surface area contributed by atoms with E-state index in [1.807, 2.05) is 30.3 Å². The van der Waals surface area contributed by atoms with Gasteiger partial charge in [0.2, 0.25) is 0 Å². The molecular weight excluding hydrogens is 539 g/mol. The zero-order chi connectivity index (χ0) is 22.8. The van der Waals surface area contributed by atoms with Crippen molar-refractivity contribution in [3.63, 3.8) is 0 Å². The second-order valence-electron chi connectivity index (χ2n) is 7.71. The zero-order valence-electron chi connectivity index (χ0n) is 19.7. The molecule has 0 N–H and O–H groups in total. The van der Waals surface area contributed by atoms with Crippen LogP contribution in [0.1, 0.15) is 27.8 Å². The summed E-state index contributed by atoms with van der Waals surface area (Å²) in [7, 11) is 0. The van der Waals surface area contributed by atoms with E-state index in [1.165, 1.54) is 67.1 Å². The molecule has 0 fully saturated rings. The first kappa shape index (κ1) is 31.4.